The molecule has 1 aliphatic carbocycles. The standard InChI is InChI=1S/C14H19N/c1-14(9-15-10-14)8-11-5-6-12-3-2-4-13(12)7-11/h5-7,15H,2-4,8-10H2,1H3. The van der Waals surface area contributed by atoms with Gasteiger partial charge in [0, 0.05) is 13.1 Å². The van der Waals surface area contributed by atoms with Crippen LogP contribution in [0, 0.1) is 5.41 Å². The molecule has 0 bridgehead atoms. The van der Waals surface area contributed by atoms with Crippen molar-refractivity contribution in [2.24, 2.45) is 5.41 Å². The van der Waals surface area contributed by atoms with E-state index in [2.05, 4.69) is 30.4 Å². The maximum atomic E-state index is 3.37. The Morgan fingerprint density at radius 3 is 2.73 bits per heavy atom. The fourth-order valence-corrected chi connectivity index (χ4v) is 2.90. The first kappa shape index (κ1) is 9.41. The lowest BCUT2D eigenvalue weighted by molar-refractivity contribution is 0.195. The van der Waals surface area contributed by atoms with Gasteiger partial charge in [-0.05, 0) is 47.8 Å². The molecule has 1 nitrogen and oxygen atoms in total. The van der Waals surface area contributed by atoms with Crippen molar-refractivity contribution >= 4 is 0 Å². The summed E-state index contributed by atoms with van der Waals surface area (Å²) in [7, 11) is 0. The van der Waals surface area contributed by atoms with Crippen LogP contribution in [0.5, 0.6) is 0 Å². The molecule has 0 amide bonds. The molecule has 0 radical (unpaired) electrons. The number of hydrogen-bond donors (Lipinski definition) is 1. The van der Waals surface area contributed by atoms with E-state index in [1.165, 1.54) is 38.8 Å². The molecule has 1 heteroatoms. The minimum atomic E-state index is 0.521. The summed E-state index contributed by atoms with van der Waals surface area (Å²) in [5, 5.41) is 3.37. The average Bonchev–Trinajstić information content (AvgIpc) is 2.62. The molecule has 1 aromatic rings. The molecule has 1 aliphatic heterocycles. The minimum absolute atomic E-state index is 0.521. The maximum absolute atomic E-state index is 3.37. The molecule has 0 spiro atoms. The van der Waals surface area contributed by atoms with Crippen molar-refractivity contribution in [1.82, 2.24) is 5.32 Å². The van der Waals surface area contributed by atoms with E-state index >= 15 is 0 Å². The van der Waals surface area contributed by atoms with Gasteiger partial charge < -0.3 is 5.32 Å². The quantitative estimate of drug-likeness (QED) is 0.774. The van der Waals surface area contributed by atoms with Gasteiger partial charge in [0.1, 0.15) is 0 Å². The van der Waals surface area contributed by atoms with Gasteiger partial charge in [0.15, 0.2) is 0 Å². The Labute approximate surface area is 91.9 Å². The number of benzene rings is 1. The molecule has 0 aromatic heterocycles. The highest BCUT2D eigenvalue weighted by atomic mass is 15.0. The zero-order valence-corrected chi connectivity index (χ0v) is 9.47. The van der Waals surface area contributed by atoms with Crippen molar-refractivity contribution in [2.45, 2.75) is 32.6 Å². The van der Waals surface area contributed by atoms with Crippen molar-refractivity contribution in [1.29, 1.82) is 0 Å². The smallest absolute Gasteiger partial charge is 0.00208 e. The van der Waals surface area contributed by atoms with Gasteiger partial charge in [-0.1, -0.05) is 25.1 Å². The molecule has 3 rings (SSSR count). The number of fused-ring (bicyclic) bond motifs is 1. The molecule has 1 fully saturated rings. The van der Waals surface area contributed by atoms with Crippen LogP contribution in [-0.2, 0) is 19.3 Å². The molecule has 1 heterocycles. The number of aryl methyl sites for hydroxylation is 2. The fraction of sp³-hybridized carbons (Fsp3) is 0.571. The lowest BCUT2D eigenvalue weighted by Crippen LogP contribution is -2.52. The monoisotopic (exact) mass is 201 g/mol. The van der Waals surface area contributed by atoms with Gasteiger partial charge >= 0.3 is 0 Å². The van der Waals surface area contributed by atoms with Crippen LogP contribution in [0.1, 0.15) is 30.0 Å². The van der Waals surface area contributed by atoms with E-state index in [0.717, 1.165) is 0 Å². The van der Waals surface area contributed by atoms with E-state index in [-0.39, 0.29) is 0 Å². The fourth-order valence-electron chi connectivity index (χ4n) is 2.90. The molecule has 0 saturated carbocycles. The van der Waals surface area contributed by atoms with Crippen molar-refractivity contribution < 1.29 is 0 Å². The molecule has 1 N–H and O–H groups in total. The van der Waals surface area contributed by atoms with Crippen LogP contribution in [0.15, 0.2) is 18.2 Å². The van der Waals surface area contributed by atoms with Gasteiger partial charge in [0.25, 0.3) is 0 Å². The van der Waals surface area contributed by atoms with Gasteiger partial charge in [-0.15, -0.1) is 0 Å². The van der Waals surface area contributed by atoms with Crippen LogP contribution < -0.4 is 5.32 Å². The molecule has 15 heavy (non-hydrogen) atoms. The van der Waals surface area contributed by atoms with Gasteiger partial charge in [-0.3, -0.25) is 0 Å². The summed E-state index contributed by atoms with van der Waals surface area (Å²) in [6, 6.07) is 7.15. The maximum Gasteiger partial charge on any atom is 0.00208 e. The second kappa shape index (κ2) is 3.34. The molecule has 1 saturated heterocycles. The molecule has 2 aliphatic rings. The topological polar surface area (TPSA) is 12.0 Å². The van der Waals surface area contributed by atoms with Crippen LogP contribution in [0.3, 0.4) is 0 Å². The van der Waals surface area contributed by atoms with Crippen molar-refractivity contribution in [3.8, 4) is 0 Å². The predicted molar refractivity (Wildman–Crippen MR) is 63.1 cm³/mol. The zero-order chi connectivity index (χ0) is 10.3. The van der Waals surface area contributed by atoms with E-state index in [0.29, 0.717) is 5.41 Å². The van der Waals surface area contributed by atoms with Crippen molar-refractivity contribution in [2.75, 3.05) is 13.1 Å². The average molecular weight is 201 g/mol. The summed E-state index contributed by atoms with van der Waals surface area (Å²) in [4.78, 5) is 0. The highest BCUT2D eigenvalue weighted by molar-refractivity contribution is 5.35. The Morgan fingerprint density at radius 2 is 2.00 bits per heavy atom. The molecular weight excluding hydrogens is 182 g/mol. The van der Waals surface area contributed by atoms with E-state index in [9.17, 15) is 0 Å². The molecule has 80 valence electrons. The van der Waals surface area contributed by atoms with E-state index in [1.807, 2.05) is 0 Å². The first-order chi connectivity index (χ1) is 7.25. The van der Waals surface area contributed by atoms with Crippen LogP contribution in [0.4, 0.5) is 0 Å². The molecule has 0 unspecified atom stereocenters. The zero-order valence-electron chi connectivity index (χ0n) is 9.47. The number of nitrogens with one attached hydrogen (secondary N) is 1. The summed E-state index contributed by atoms with van der Waals surface area (Å²) in [6.45, 7) is 4.75. The third-order valence-corrected chi connectivity index (χ3v) is 3.90. The summed E-state index contributed by atoms with van der Waals surface area (Å²) in [5.41, 5.74) is 5.27. The third kappa shape index (κ3) is 1.69. The summed E-state index contributed by atoms with van der Waals surface area (Å²) >= 11 is 0. The van der Waals surface area contributed by atoms with Crippen molar-refractivity contribution in [3.05, 3.63) is 34.9 Å². The van der Waals surface area contributed by atoms with E-state index < -0.39 is 0 Å². The molecular formula is C14H19N. The van der Waals surface area contributed by atoms with Gasteiger partial charge in [-0.25, -0.2) is 0 Å². The van der Waals surface area contributed by atoms with Gasteiger partial charge in [0.05, 0.1) is 0 Å². The molecule has 1 aromatic carbocycles. The van der Waals surface area contributed by atoms with Gasteiger partial charge in [0.2, 0.25) is 0 Å². The van der Waals surface area contributed by atoms with Crippen LogP contribution >= 0.6 is 0 Å². The Balaban J connectivity index is 1.81. The van der Waals surface area contributed by atoms with E-state index in [1.54, 1.807) is 16.7 Å². The van der Waals surface area contributed by atoms with Crippen molar-refractivity contribution in [3.63, 3.8) is 0 Å². The van der Waals surface area contributed by atoms with E-state index in [4.69, 9.17) is 0 Å². The SMILES string of the molecule is CC1(Cc2ccc3c(c2)CCC3)CNC1. The highest BCUT2D eigenvalue weighted by Crippen LogP contribution is 2.29. The Kier molecular flexibility index (Phi) is 2.10. The second-order valence-electron chi connectivity index (χ2n) is 5.55. The molecule has 0 atom stereocenters. The van der Waals surface area contributed by atoms with Gasteiger partial charge in [-0.2, -0.15) is 0 Å². The predicted octanol–water partition coefficient (Wildman–Crippen LogP) is 2.33. The Morgan fingerprint density at radius 1 is 1.20 bits per heavy atom. The number of rotatable bonds is 2. The Bertz CT molecular complexity index is 377. The summed E-state index contributed by atoms with van der Waals surface area (Å²) < 4.78 is 0. The minimum Gasteiger partial charge on any atom is -0.316 e. The summed E-state index contributed by atoms with van der Waals surface area (Å²) in [6.07, 6.45) is 5.21. The highest BCUT2D eigenvalue weighted by Gasteiger charge is 2.31. The third-order valence-electron chi connectivity index (χ3n) is 3.90. The van der Waals surface area contributed by atoms with Crippen LogP contribution in [0.25, 0.3) is 0 Å². The van der Waals surface area contributed by atoms with Crippen LogP contribution in [0.2, 0.25) is 0 Å². The van der Waals surface area contributed by atoms with Crippen LogP contribution in [-0.4, -0.2) is 13.1 Å². The Hall–Kier alpha value is -0.820. The lowest BCUT2D eigenvalue weighted by atomic mass is 9.78. The first-order valence-corrected chi connectivity index (χ1v) is 6.07. The summed E-state index contributed by atoms with van der Waals surface area (Å²) in [5.74, 6) is 0. The normalized spacial score (nSPS) is 22.2. The lowest BCUT2D eigenvalue weighted by Gasteiger charge is -2.39. The first-order valence-electron chi connectivity index (χ1n) is 6.07. The largest absolute Gasteiger partial charge is 0.316 e. The number of hydrogen-bond acceptors (Lipinski definition) is 1. The second-order valence-corrected chi connectivity index (χ2v) is 5.55.